The summed E-state index contributed by atoms with van der Waals surface area (Å²) in [6, 6.07) is 0. The average molecular weight is 275 g/mol. The number of hydrogen-bond acceptors (Lipinski definition) is 5. The fraction of sp³-hybridized carbons (Fsp3) is 0.750. The van der Waals surface area contributed by atoms with Crippen LogP contribution in [0, 0.1) is 0 Å². The van der Waals surface area contributed by atoms with Gasteiger partial charge < -0.3 is 11.1 Å². The number of rotatable bonds is 6. The third-order valence-corrected chi connectivity index (χ3v) is 4.86. The number of carbonyl (C=O) groups excluding carboxylic acids is 2. The van der Waals surface area contributed by atoms with Crippen LogP contribution in [0.4, 0.5) is 0 Å². The molecule has 0 aromatic heterocycles. The van der Waals surface area contributed by atoms with Crippen molar-refractivity contribution < 1.29 is 9.59 Å². The number of nitrogens with two attached hydrogens (primary N) is 1. The van der Waals surface area contributed by atoms with Crippen LogP contribution >= 0.6 is 21.6 Å². The molecule has 0 spiro atoms. The van der Waals surface area contributed by atoms with Crippen molar-refractivity contribution in [1.82, 2.24) is 5.32 Å². The van der Waals surface area contributed by atoms with E-state index in [4.69, 9.17) is 11.3 Å². The molecule has 1 rings (SSSR count). The zero-order valence-corrected chi connectivity index (χ0v) is 10.7. The zero-order chi connectivity index (χ0) is 12.7. The predicted octanol–water partition coefficient (Wildman–Crippen LogP) is 0.812. The number of amides is 2. The van der Waals surface area contributed by atoms with Crippen molar-refractivity contribution in [2.75, 3.05) is 18.1 Å². The van der Waals surface area contributed by atoms with E-state index in [1.165, 1.54) is 21.6 Å². The average Bonchev–Trinajstić information content (AvgIpc) is 2.74. The van der Waals surface area contributed by atoms with Crippen molar-refractivity contribution in [1.29, 1.82) is 0 Å². The van der Waals surface area contributed by atoms with Gasteiger partial charge in [0.2, 0.25) is 11.8 Å². The fourth-order valence-electron chi connectivity index (χ4n) is 1.29. The number of primary amides is 1. The molecule has 0 bridgehead atoms. The van der Waals surface area contributed by atoms with Crippen molar-refractivity contribution in [3.05, 3.63) is 10.4 Å². The first kappa shape index (κ1) is 14.0. The number of hydrogen-bond donors (Lipinski definition) is 2. The lowest BCUT2D eigenvalue weighted by Gasteiger charge is -2.24. The van der Waals surface area contributed by atoms with E-state index in [-0.39, 0.29) is 18.9 Å². The Balaban J connectivity index is 2.42. The second kappa shape index (κ2) is 6.63. The maximum absolute atomic E-state index is 11.6. The number of carbonyl (C=O) groups is 2. The first-order chi connectivity index (χ1) is 8.10. The lowest BCUT2D eigenvalue weighted by molar-refractivity contribution is -0.130. The van der Waals surface area contributed by atoms with E-state index in [2.05, 4.69) is 15.3 Å². The molecule has 0 radical (unpaired) electrons. The molecule has 1 saturated heterocycles. The van der Waals surface area contributed by atoms with Gasteiger partial charge in [0.25, 0.3) is 0 Å². The molecule has 2 amide bonds. The van der Waals surface area contributed by atoms with Crippen LogP contribution in [-0.2, 0) is 9.59 Å². The van der Waals surface area contributed by atoms with Gasteiger partial charge in [0, 0.05) is 29.4 Å². The fourth-order valence-corrected chi connectivity index (χ4v) is 4.32. The maximum Gasteiger partial charge on any atom is 0.244 e. The summed E-state index contributed by atoms with van der Waals surface area (Å²) in [6.07, 6.45) is 0.689. The van der Waals surface area contributed by atoms with E-state index in [0.717, 1.165) is 0 Å². The second-order valence-electron chi connectivity index (χ2n) is 3.58. The van der Waals surface area contributed by atoms with E-state index in [0.29, 0.717) is 17.9 Å². The monoisotopic (exact) mass is 275 g/mol. The summed E-state index contributed by atoms with van der Waals surface area (Å²) in [5.74, 6) is 0.253. The lowest BCUT2D eigenvalue weighted by atomic mass is 10.0. The molecular weight excluding hydrogens is 262 g/mol. The van der Waals surface area contributed by atoms with E-state index >= 15 is 0 Å². The SMILES string of the molecule is [N-]=[N+]=NCCCC(=O)NC1(C(N)=O)CSSC1. The largest absolute Gasteiger partial charge is 0.368 e. The van der Waals surface area contributed by atoms with Crippen molar-refractivity contribution >= 4 is 33.4 Å². The molecule has 1 heterocycles. The highest BCUT2D eigenvalue weighted by Crippen LogP contribution is 2.37. The summed E-state index contributed by atoms with van der Waals surface area (Å²) < 4.78 is 0. The maximum atomic E-state index is 11.6. The molecule has 1 aliphatic heterocycles. The number of nitrogens with zero attached hydrogens (tertiary/aromatic N) is 3. The molecule has 0 aromatic carbocycles. The first-order valence-electron chi connectivity index (χ1n) is 4.97. The zero-order valence-electron chi connectivity index (χ0n) is 9.09. The number of nitrogens with one attached hydrogen (secondary N) is 1. The Morgan fingerprint density at radius 1 is 1.47 bits per heavy atom. The van der Waals surface area contributed by atoms with E-state index in [1.54, 1.807) is 0 Å². The van der Waals surface area contributed by atoms with Crippen LogP contribution in [0.25, 0.3) is 10.4 Å². The minimum Gasteiger partial charge on any atom is -0.368 e. The van der Waals surface area contributed by atoms with Gasteiger partial charge in [-0.1, -0.05) is 26.7 Å². The summed E-state index contributed by atoms with van der Waals surface area (Å²) >= 11 is 0. The predicted molar refractivity (Wildman–Crippen MR) is 68.2 cm³/mol. The van der Waals surface area contributed by atoms with E-state index in [1.807, 2.05) is 0 Å². The Morgan fingerprint density at radius 3 is 2.65 bits per heavy atom. The molecule has 94 valence electrons. The lowest BCUT2D eigenvalue weighted by Crippen LogP contribution is -2.59. The van der Waals surface area contributed by atoms with Crippen LogP contribution in [0.2, 0.25) is 0 Å². The van der Waals surface area contributed by atoms with Crippen LogP contribution < -0.4 is 11.1 Å². The summed E-state index contributed by atoms with van der Waals surface area (Å²) in [5, 5.41) is 6.01. The van der Waals surface area contributed by atoms with Gasteiger partial charge in [0.05, 0.1) is 0 Å². The van der Waals surface area contributed by atoms with Crippen LogP contribution in [0.5, 0.6) is 0 Å². The molecule has 17 heavy (non-hydrogen) atoms. The Bertz CT molecular complexity index is 350. The van der Waals surface area contributed by atoms with Crippen molar-refractivity contribution in [2.45, 2.75) is 18.4 Å². The highest BCUT2D eigenvalue weighted by Gasteiger charge is 2.42. The van der Waals surface area contributed by atoms with Gasteiger partial charge in [0.1, 0.15) is 5.54 Å². The molecule has 0 saturated carbocycles. The van der Waals surface area contributed by atoms with Crippen LogP contribution in [0.15, 0.2) is 5.11 Å². The van der Waals surface area contributed by atoms with Gasteiger partial charge in [-0.2, -0.15) is 0 Å². The molecule has 0 atom stereocenters. The smallest absolute Gasteiger partial charge is 0.244 e. The molecular formula is C8H13N5O2S2. The van der Waals surface area contributed by atoms with Crippen molar-refractivity contribution in [3.8, 4) is 0 Å². The Morgan fingerprint density at radius 2 is 2.12 bits per heavy atom. The van der Waals surface area contributed by atoms with Gasteiger partial charge in [-0.25, -0.2) is 0 Å². The van der Waals surface area contributed by atoms with E-state index in [9.17, 15) is 9.59 Å². The molecule has 0 aromatic rings. The van der Waals surface area contributed by atoms with Crippen molar-refractivity contribution in [3.63, 3.8) is 0 Å². The van der Waals surface area contributed by atoms with Crippen LogP contribution in [0.3, 0.4) is 0 Å². The molecule has 1 fully saturated rings. The third kappa shape index (κ3) is 4.03. The van der Waals surface area contributed by atoms with Crippen LogP contribution in [0.1, 0.15) is 12.8 Å². The van der Waals surface area contributed by atoms with Gasteiger partial charge in [-0.3, -0.25) is 9.59 Å². The van der Waals surface area contributed by atoms with Crippen molar-refractivity contribution in [2.24, 2.45) is 10.8 Å². The molecule has 9 heteroatoms. The Kier molecular flexibility index (Phi) is 5.46. The second-order valence-corrected chi connectivity index (χ2v) is 6.04. The normalized spacial score (nSPS) is 17.2. The highest BCUT2D eigenvalue weighted by molar-refractivity contribution is 8.77. The van der Waals surface area contributed by atoms with Gasteiger partial charge in [-0.05, 0) is 12.0 Å². The summed E-state index contributed by atoms with van der Waals surface area (Å²) in [5.41, 5.74) is 12.5. The third-order valence-electron chi connectivity index (χ3n) is 2.27. The number of azide groups is 1. The van der Waals surface area contributed by atoms with Gasteiger partial charge in [0.15, 0.2) is 0 Å². The first-order valence-corrected chi connectivity index (χ1v) is 7.46. The summed E-state index contributed by atoms with van der Waals surface area (Å²) in [6.45, 7) is 0.275. The topological polar surface area (TPSA) is 121 Å². The summed E-state index contributed by atoms with van der Waals surface area (Å²) in [7, 11) is 3.04. The minimum absolute atomic E-state index is 0.226. The molecule has 1 aliphatic rings. The summed E-state index contributed by atoms with van der Waals surface area (Å²) in [4.78, 5) is 25.5. The molecule has 0 unspecified atom stereocenters. The highest BCUT2D eigenvalue weighted by atomic mass is 33.1. The van der Waals surface area contributed by atoms with Gasteiger partial charge in [-0.15, -0.1) is 0 Å². The van der Waals surface area contributed by atoms with E-state index < -0.39 is 11.4 Å². The standard InChI is InChI=1S/C8H13N5O2S2/c9-7(15)8(4-16-17-5-8)12-6(14)2-1-3-11-13-10/h1-5H2,(H2,9,15)(H,12,14). The Labute approximate surface area is 106 Å². The Hall–Kier alpha value is -1.05. The van der Waals surface area contributed by atoms with Gasteiger partial charge >= 0.3 is 0 Å². The quantitative estimate of drug-likeness (QED) is 0.245. The van der Waals surface area contributed by atoms with Crippen LogP contribution in [-0.4, -0.2) is 35.4 Å². The molecule has 0 aliphatic carbocycles. The molecule has 3 N–H and O–H groups in total. The molecule has 7 nitrogen and oxygen atoms in total. The minimum atomic E-state index is -0.926.